The number of rotatable bonds is 6. The monoisotopic (exact) mass is 329 g/mol. The second-order valence-electron chi connectivity index (χ2n) is 5.28. The minimum Gasteiger partial charge on any atom is -0.492 e. The maximum atomic E-state index is 12.2. The molecule has 1 atom stereocenters. The van der Waals surface area contributed by atoms with Gasteiger partial charge in [-0.05, 0) is 39.0 Å². The molecule has 0 saturated heterocycles. The van der Waals surface area contributed by atoms with Crippen LogP contribution in [-0.2, 0) is 4.79 Å². The molecule has 1 aromatic rings. The summed E-state index contributed by atoms with van der Waals surface area (Å²) in [7, 11) is 0. The number of carbonyl (C=O) groups is 2. The van der Waals surface area contributed by atoms with Crippen LogP contribution in [0, 0.1) is 0 Å². The summed E-state index contributed by atoms with van der Waals surface area (Å²) in [5, 5.41) is 11.5. The van der Waals surface area contributed by atoms with Gasteiger partial charge in [-0.2, -0.15) is 0 Å². The van der Waals surface area contributed by atoms with Gasteiger partial charge >= 0.3 is 0 Å². The first-order valence-electron chi connectivity index (χ1n) is 6.66. The number of carbonyl (C=O) groups excluding carboxylic acids is 2. The molecule has 5 N–H and O–H groups in total. The summed E-state index contributed by atoms with van der Waals surface area (Å²) in [6.07, 6.45) is 0. The van der Waals surface area contributed by atoms with Crippen LogP contribution in [0.2, 0.25) is 5.02 Å². The Bertz CT molecular complexity index is 558. The SMILES string of the molecule is CCOc1ccc(C(=O)NC(C(=O)NO)C(C)(C)N)cc1Cl. The van der Waals surface area contributed by atoms with Gasteiger partial charge in [-0.25, -0.2) is 5.48 Å². The lowest BCUT2D eigenvalue weighted by Gasteiger charge is -2.29. The fourth-order valence-corrected chi connectivity index (χ4v) is 2.02. The third-order valence-electron chi connectivity index (χ3n) is 2.89. The van der Waals surface area contributed by atoms with Gasteiger partial charge in [0, 0.05) is 11.1 Å². The largest absolute Gasteiger partial charge is 0.492 e. The zero-order valence-electron chi connectivity index (χ0n) is 12.6. The Labute approximate surface area is 133 Å². The molecular weight excluding hydrogens is 310 g/mol. The van der Waals surface area contributed by atoms with Crippen LogP contribution in [0.5, 0.6) is 5.75 Å². The van der Waals surface area contributed by atoms with E-state index >= 15 is 0 Å². The summed E-state index contributed by atoms with van der Waals surface area (Å²) in [5.74, 6) is -0.889. The zero-order chi connectivity index (χ0) is 16.9. The van der Waals surface area contributed by atoms with Gasteiger partial charge in [0.25, 0.3) is 11.8 Å². The topological polar surface area (TPSA) is 114 Å². The average Bonchev–Trinajstić information content (AvgIpc) is 2.44. The van der Waals surface area contributed by atoms with E-state index in [-0.39, 0.29) is 10.6 Å². The number of benzene rings is 1. The van der Waals surface area contributed by atoms with Gasteiger partial charge in [0.2, 0.25) is 0 Å². The first kappa shape index (κ1) is 18.2. The van der Waals surface area contributed by atoms with E-state index in [1.807, 2.05) is 6.92 Å². The quantitative estimate of drug-likeness (QED) is 0.460. The highest BCUT2D eigenvalue weighted by molar-refractivity contribution is 6.32. The van der Waals surface area contributed by atoms with Gasteiger partial charge in [0.15, 0.2) is 0 Å². The Hall–Kier alpha value is -1.83. The molecule has 0 bridgehead atoms. The molecule has 0 aliphatic heterocycles. The molecule has 0 radical (unpaired) electrons. The molecule has 7 nitrogen and oxygen atoms in total. The van der Waals surface area contributed by atoms with Gasteiger partial charge < -0.3 is 15.8 Å². The van der Waals surface area contributed by atoms with Crippen LogP contribution in [-0.4, -0.2) is 35.2 Å². The smallest absolute Gasteiger partial charge is 0.267 e. The lowest BCUT2D eigenvalue weighted by atomic mass is 9.95. The van der Waals surface area contributed by atoms with Crippen molar-refractivity contribution in [1.29, 1.82) is 0 Å². The van der Waals surface area contributed by atoms with Crippen LogP contribution in [0.15, 0.2) is 18.2 Å². The Morgan fingerprint density at radius 2 is 2.09 bits per heavy atom. The van der Waals surface area contributed by atoms with E-state index in [9.17, 15) is 9.59 Å². The predicted octanol–water partition coefficient (Wildman–Crippen LogP) is 1.08. The summed E-state index contributed by atoms with van der Waals surface area (Å²) in [4.78, 5) is 23.8. The number of nitrogens with two attached hydrogens (primary N) is 1. The highest BCUT2D eigenvalue weighted by atomic mass is 35.5. The van der Waals surface area contributed by atoms with E-state index < -0.39 is 23.4 Å². The number of amides is 2. The molecular formula is C14H20ClN3O4. The number of halogens is 1. The van der Waals surface area contributed by atoms with Gasteiger partial charge in [0.05, 0.1) is 11.6 Å². The maximum absolute atomic E-state index is 12.2. The molecule has 0 saturated carbocycles. The zero-order valence-corrected chi connectivity index (χ0v) is 13.4. The van der Waals surface area contributed by atoms with Crippen LogP contribution >= 0.6 is 11.6 Å². The van der Waals surface area contributed by atoms with Crippen LogP contribution in [0.1, 0.15) is 31.1 Å². The van der Waals surface area contributed by atoms with Crippen molar-refractivity contribution in [2.75, 3.05) is 6.61 Å². The number of hydrogen-bond donors (Lipinski definition) is 4. The Kier molecular flexibility index (Phi) is 6.16. The maximum Gasteiger partial charge on any atom is 0.267 e. The van der Waals surface area contributed by atoms with Crippen molar-refractivity contribution in [1.82, 2.24) is 10.8 Å². The van der Waals surface area contributed by atoms with Gasteiger partial charge in [-0.15, -0.1) is 0 Å². The summed E-state index contributed by atoms with van der Waals surface area (Å²) in [6, 6.07) is 3.40. The van der Waals surface area contributed by atoms with E-state index in [4.69, 9.17) is 27.3 Å². The predicted molar refractivity (Wildman–Crippen MR) is 82.1 cm³/mol. The lowest BCUT2D eigenvalue weighted by Crippen LogP contribution is -2.61. The average molecular weight is 330 g/mol. The van der Waals surface area contributed by atoms with Crippen LogP contribution in [0.3, 0.4) is 0 Å². The molecule has 0 aromatic heterocycles. The standard InChI is InChI=1S/C14H20ClN3O4/c1-4-22-10-6-5-8(7-9(10)15)12(19)17-11(13(20)18-21)14(2,3)16/h5-7,11,21H,4,16H2,1-3H3,(H,17,19)(H,18,20). The van der Waals surface area contributed by atoms with Gasteiger partial charge in [-0.1, -0.05) is 11.6 Å². The Balaban J connectivity index is 2.95. The molecule has 0 fully saturated rings. The minimum atomic E-state index is -1.12. The fourth-order valence-electron chi connectivity index (χ4n) is 1.78. The van der Waals surface area contributed by atoms with E-state index in [0.717, 1.165) is 0 Å². The van der Waals surface area contributed by atoms with E-state index in [2.05, 4.69) is 5.32 Å². The molecule has 0 aliphatic rings. The van der Waals surface area contributed by atoms with Crippen molar-refractivity contribution in [3.05, 3.63) is 28.8 Å². The number of hydroxylamine groups is 1. The molecule has 1 rings (SSSR count). The van der Waals surface area contributed by atoms with Crippen molar-refractivity contribution in [3.63, 3.8) is 0 Å². The first-order valence-corrected chi connectivity index (χ1v) is 7.04. The lowest BCUT2D eigenvalue weighted by molar-refractivity contribution is -0.132. The van der Waals surface area contributed by atoms with E-state index in [1.54, 1.807) is 19.9 Å². The number of ether oxygens (including phenoxy) is 1. The Morgan fingerprint density at radius 3 is 2.55 bits per heavy atom. The second kappa shape index (κ2) is 7.44. The number of nitrogens with one attached hydrogen (secondary N) is 2. The van der Waals surface area contributed by atoms with Crippen molar-refractivity contribution in [2.24, 2.45) is 5.73 Å². The summed E-state index contributed by atoms with van der Waals surface area (Å²) >= 11 is 6.02. The second-order valence-corrected chi connectivity index (χ2v) is 5.69. The van der Waals surface area contributed by atoms with Crippen LogP contribution in [0.25, 0.3) is 0 Å². The molecule has 0 heterocycles. The molecule has 2 amide bonds. The van der Waals surface area contributed by atoms with Gasteiger partial charge in [0.1, 0.15) is 11.8 Å². The normalized spacial score (nSPS) is 12.5. The summed E-state index contributed by atoms with van der Waals surface area (Å²) in [5.41, 5.74) is 6.50. The van der Waals surface area contributed by atoms with Crippen molar-refractivity contribution < 1.29 is 19.5 Å². The third kappa shape index (κ3) is 4.59. The molecule has 1 aromatic carbocycles. The van der Waals surface area contributed by atoms with Crippen LogP contribution < -0.4 is 21.3 Å². The fraction of sp³-hybridized carbons (Fsp3) is 0.429. The molecule has 122 valence electrons. The van der Waals surface area contributed by atoms with Crippen molar-refractivity contribution >= 4 is 23.4 Å². The van der Waals surface area contributed by atoms with Gasteiger partial charge in [-0.3, -0.25) is 14.8 Å². The van der Waals surface area contributed by atoms with Crippen molar-refractivity contribution in [3.8, 4) is 5.75 Å². The van der Waals surface area contributed by atoms with Crippen molar-refractivity contribution in [2.45, 2.75) is 32.4 Å². The molecule has 0 spiro atoms. The third-order valence-corrected chi connectivity index (χ3v) is 3.18. The molecule has 0 aliphatic carbocycles. The van der Waals surface area contributed by atoms with E-state index in [1.165, 1.54) is 17.6 Å². The highest BCUT2D eigenvalue weighted by Gasteiger charge is 2.33. The number of hydrogen-bond acceptors (Lipinski definition) is 5. The minimum absolute atomic E-state index is 0.244. The first-order chi connectivity index (χ1) is 10.2. The van der Waals surface area contributed by atoms with E-state index in [0.29, 0.717) is 12.4 Å². The molecule has 1 unspecified atom stereocenters. The van der Waals surface area contributed by atoms with Crippen LogP contribution in [0.4, 0.5) is 0 Å². The molecule has 8 heteroatoms. The molecule has 22 heavy (non-hydrogen) atoms. The summed E-state index contributed by atoms with van der Waals surface area (Å²) < 4.78 is 5.28. The highest BCUT2D eigenvalue weighted by Crippen LogP contribution is 2.25. The summed E-state index contributed by atoms with van der Waals surface area (Å²) in [6.45, 7) is 5.38. The Morgan fingerprint density at radius 1 is 1.45 bits per heavy atom.